The van der Waals surface area contributed by atoms with Crippen LogP contribution in [0.2, 0.25) is 5.02 Å². The molecule has 0 bridgehead atoms. The second-order valence-corrected chi connectivity index (χ2v) is 8.42. The molecule has 1 aliphatic heterocycles. The number of sulfonamides is 1. The van der Waals surface area contributed by atoms with Crippen LogP contribution in [0.3, 0.4) is 0 Å². The van der Waals surface area contributed by atoms with Crippen LogP contribution < -0.4 is 10.1 Å². The van der Waals surface area contributed by atoms with Crippen molar-refractivity contribution in [1.29, 1.82) is 0 Å². The van der Waals surface area contributed by atoms with E-state index in [4.69, 9.17) is 21.1 Å². The lowest BCUT2D eigenvalue weighted by molar-refractivity contribution is 0.0926. The van der Waals surface area contributed by atoms with Crippen LogP contribution in [0.25, 0.3) is 0 Å². The summed E-state index contributed by atoms with van der Waals surface area (Å²) >= 11 is 6.03. The Balaban J connectivity index is 2.06. The molecule has 1 aromatic rings. The van der Waals surface area contributed by atoms with Gasteiger partial charge in [-0.3, -0.25) is 4.79 Å². The molecule has 1 heterocycles. The van der Waals surface area contributed by atoms with E-state index in [9.17, 15) is 13.2 Å². The predicted molar refractivity (Wildman–Crippen MR) is 91.0 cm³/mol. The van der Waals surface area contributed by atoms with Crippen molar-refractivity contribution in [3.63, 3.8) is 0 Å². The first kappa shape index (κ1) is 19.0. The van der Waals surface area contributed by atoms with Gasteiger partial charge in [-0.05, 0) is 18.2 Å². The molecule has 9 heteroatoms. The number of rotatable bonds is 6. The molecule has 134 valence electrons. The Morgan fingerprint density at radius 1 is 1.42 bits per heavy atom. The van der Waals surface area contributed by atoms with Gasteiger partial charge in [-0.2, -0.15) is 0 Å². The standard InChI is InChI=1S/C15H21ClN2O5S/c1-18(2)24(20,21)9-11-7-23-8-13(11)17-15(19)10-4-5-14(22-3)12(16)6-10/h4-6,11,13H,7-9H2,1-3H3,(H,17,19)/t11-,13-/m0/s1. The highest BCUT2D eigenvalue weighted by molar-refractivity contribution is 7.89. The van der Waals surface area contributed by atoms with Crippen LogP contribution in [0.4, 0.5) is 0 Å². The molecule has 0 spiro atoms. The first-order chi connectivity index (χ1) is 11.2. The van der Waals surface area contributed by atoms with E-state index in [0.717, 1.165) is 0 Å². The average molecular weight is 377 g/mol. The van der Waals surface area contributed by atoms with Crippen LogP contribution in [0.15, 0.2) is 18.2 Å². The molecule has 0 radical (unpaired) electrons. The van der Waals surface area contributed by atoms with E-state index in [0.29, 0.717) is 22.9 Å². The Morgan fingerprint density at radius 2 is 2.12 bits per heavy atom. The number of ether oxygens (including phenoxy) is 2. The van der Waals surface area contributed by atoms with Gasteiger partial charge < -0.3 is 14.8 Å². The molecule has 0 saturated carbocycles. The minimum Gasteiger partial charge on any atom is -0.495 e. The zero-order chi connectivity index (χ0) is 17.9. The minimum atomic E-state index is -3.37. The van der Waals surface area contributed by atoms with E-state index in [1.165, 1.54) is 31.6 Å². The van der Waals surface area contributed by atoms with Crippen molar-refractivity contribution in [3.05, 3.63) is 28.8 Å². The van der Waals surface area contributed by atoms with Crippen LogP contribution >= 0.6 is 11.6 Å². The number of benzene rings is 1. The smallest absolute Gasteiger partial charge is 0.251 e. The van der Waals surface area contributed by atoms with Crippen molar-refractivity contribution in [2.24, 2.45) is 5.92 Å². The molecular weight excluding hydrogens is 356 g/mol. The van der Waals surface area contributed by atoms with Gasteiger partial charge in [0.05, 0.1) is 37.1 Å². The number of amides is 1. The van der Waals surface area contributed by atoms with E-state index >= 15 is 0 Å². The van der Waals surface area contributed by atoms with Gasteiger partial charge in [0.2, 0.25) is 10.0 Å². The SMILES string of the molecule is COc1ccc(C(=O)N[C@H]2COC[C@H]2CS(=O)(=O)N(C)C)cc1Cl. The monoisotopic (exact) mass is 376 g/mol. The number of carbonyl (C=O) groups excluding carboxylic acids is 1. The van der Waals surface area contributed by atoms with Gasteiger partial charge >= 0.3 is 0 Å². The normalized spacial score (nSPS) is 21.0. The molecule has 0 aliphatic carbocycles. The average Bonchev–Trinajstić information content (AvgIpc) is 2.93. The largest absolute Gasteiger partial charge is 0.495 e. The van der Waals surface area contributed by atoms with Crippen molar-refractivity contribution in [1.82, 2.24) is 9.62 Å². The summed E-state index contributed by atoms with van der Waals surface area (Å²) in [4.78, 5) is 12.4. The second-order valence-electron chi connectivity index (χ2n) is 5.79. The summed E-state index contributed by atoms with van der Waals surface area (Å²) in [5.74, 6) is -0.223. The number of halogens is 1. The third kappa shape index (κ3) is 4.38. The van der Waals surface area contributed by atoms with Crippen molar-refractivity contribution in [2.75, 3.05) is 40.2 Å². The molecule has 1 aromatic carbocycles. The lowest BCUT2D eigenvalue weighted by atomic mass is 10.1. The van der Waals surface area contributed by atoms with Crippen LogP contribution in [0.5, 0.6) is 5.75 Å². The Kier molecular flexibility index (Phi) is 6.08. The van der Waals surface area contributed by atoms with E-state index < -0.39 is 10.0 Å². The molecule has 2 rings (SSSR count). The van der Waals surface area contributed by atoms with Crippen molar-refractivity contribution >= 4 is 27.5 Å². The Labute approximate surface area is 146 Å². The second kappa shape index (κ2) is 7.69. The van der Waals surface area contributed by atoms with Crippen molar-refractivity contribution < 1.29 is 22.7 Å². The lowest BCUT2D eigenvalue weighted by Gasteiger charge is -2.21. The number of hydrogen-bond acceptors (Lipinski definition) is 5. The first-order valence-electron chi connectivity index (χ1n) is 7.37. The van der Waals surface area contributed by atoms with Crippen molar-refractivity contribution in [3.8, 4) is 5.75 Å². The molecule has 0 unspecified atom stereocenters. The summed E-state index contributed by atoms with van der Waals surface area (Å²) in [7, 11) is 1.09. The van der Waals surface area contributed by atoms with Gasteiger partial charge in [0.1, 0.15) is 5.75 Å². The maximum atomic E-state index is 12.4. The van der Waals surface area contributed by atoms with Gasteiger partial charge in [0.15, 0.2) is 0 Å². The van der Waals surface area contributed by atoms with E-state index in [-0.39, 0.29) is 30.2 Å². The molecule has 7 nitrogen and oxygen atoms in total. The lowest BCUT2D eigenvalue weighted by Crippen LogP contribution is -2.43. The number of carbonyl (C=O) groups is 1. The fourth-order valence-corrected chi connectivity index (χ4v) is 3.83. The molecule has 2 atom stereocenters. The van der Waals surface area contributed by atoms with Gasteiger partial charge in [0.25, 0.3) is 5.91 Å². The summed E-state index contributed by atoms with van der Waals surface area (Å²) in [6.07, 6.45) is 0. The first-order valence-corrected chi connectivity index (χ1v) is 9.35. The third-order valence-corrected chi connectivity index (χ3v) is 6.17. The third-order valence-electron chi connectivity index (χ3n) is 3.91. The zero-order valence-corrected chi connectivity index (χ0v) is 15.4. The van der Waals surface area contributed by atoms with Crippen LogP contribution in [0, 0.1) is 5.92 Å². The number of methoxy groups -OCH3 is 1. The highest BCUT2D eigenvalue weighted by atomic mass is 35.5. The van der Waals surface area contributed by atoms with Crippen molar-refractivity contribution in [2.45, 2.75) is 6.04 Å². The van der Waals surface area contributed by atoms with Gasteiger partial charge in [-0.25, -0.2) is 12.7 Å². The van der Waals surface area contributed by atoms with E-state index in [1.807, 2.05) is 0 Å². The summed E-state index contributed by atoms with van der Waals surface area (Å²) < 4.78 is 35.6. The van der Waals surface area contributed by atoms with E-state index in [1.54, 1.807) is 12.1 Å². The topological polar surface area (TPSA) is 84.9 Å². The maximum absolute atomic E-state index is 12.4. The van der Waals surface area contributed by atoms with Gasteiger partial charge in [0, 0.05) is 25.6 Å². The summed E-state index contributed by atoms with van der Waals surface area (Å²) in [5.41, 5.74) is 0.377. The Hall–Kier alpha value is -1.35. The maximum Gasteiger partial charge on any atom is 0.251 e. The van der Waals surface area contributed by atoms with Crippen LogP contribution in [-0.4, -0.2) is 64.8 Å². The summed E-state index contributed by atoms with van der Waals surface area (Å²) in [5, 5.41) is 3.16. The van der Waals surface area contributed by atoms with Crippen LogP contribution in [-0.2, 0) is 14.8 Å². The fraction of sp³-hybridized carbons (Fsp3) is 0.533. The molecule has 24 heavy (non-hydrogen) atoms. The molecule has 1 fully saturated rings. The number of nitrogens with one attached hydrogen (secondary N) is 1. The predicted octanol–water partition coefficient (Wildman–Crippen LogP) is 0.985. The Bertz CT molecular complexity index is 708. The zero-order valence-electron chi connectivity index (χ0n) is 13.8. The van der Waals surface area contributed by atoms with E-state index in [2.05, 4.69) is 5.32 Å². The van der Waals surface area contributed by atoms with Crippen LogP contribution in [0.1, 0.15) is 10.4 Å². The minimum absolute atomic E-state index is 0.0751. The number of nitrogens with zero attached hydrogens (tertiary/aromatic N) is 1. The summed E-state index contributed by atoms with van der Waals surface area (Å²) in [6, 6.07) is 4.35. The van der Waals surface area contributed by atoms with Gasteiger partial charge in [-0.15, -0.1) is 0 Å². The molecule has 1 N–H and O–H groups in total. The molecule has 1 saturated heterocycles. The highest BCUT2D eigenvalue weighted by Gasteiger charge is 2.34. The van der Waals surface area contributed by atoms with Gasteiger partial charge in [-0.1, -0.05) is 11.6 Å². The fourth-order valence-electron chi connectivity index (χ4n) is 2.40. The molecule has 1 amide bonds. The molecule has 1 aliphatic rings. The quantitative estimate of drug-likeness (QED) is 0.800. The molecular formula is C15H21ClN2O5S. The highest BCUT2D eigenvalue weighted by Crippen LogP contribution is 2.25. The molecule has 0 aromatic heterocycles. The Morgan fingerprint density at radius 3 is 2.71 bits per heavy atom. The summed E-state index contributed by atoms with van der Waals surface area (Å²) in [6.45, 7) is 0.574. The number of hydrogen-bond donors (Lipinski definition) is 1.